The number of pyridine rings is 1. The van der Waals surface area contributed by atoms with Gasteiger partial charge in [0.2, 0.25) is 0 Å². The van der Waals surface area contributed by atoms with Crippen LogP contribution in [0.3, 0.4) is 0 Å². The summed E-state index contributed by atoms with van der Waals surface area (Å²) >= 11 is 0. The molecule has 0 saturated carbocycles. The van der Waals surface area contributed by atoms with Gasteiger partial charge in [-0.25, -0.2) is 9.18 Å². The molecule has 1 aliphatic heterocycles. The number of benzene rings is 1. The van der Waals surface area contributed by atoms with E-state index in [2.05, 4.69) is 10.6 Å². The van der Waals surface area contributed by atoms with Gasteiger partial charge in [0.25, 0.3) is 11.5 Å². The number of aryl methyl sites for hydroxylation is 1. The Morgan fingerprint density at radius 1 is 1.10 bits per heavy atom. The number of amides is 3. The predicted molar refractivity (Wildman–Crippen MR) is 107 cm³/mol. The van der Waals surface area contributed by atoms with Gasteiger partial charge in [-0.1, -0.05) is 12.1 Å². The van der Waals surface area contributed by atoms with Crippen molar-refractivity contribution >= 4 is 11.9 Å². The molecular weight excluding hydrogens is 375 g/mol. The summed E-state index contributed by atoms with van der Waals surface area (Å²) in [5.41, 5.74) is 0.714. The van der Waals surface area contributed by atoms with Gasteiger partial charge in [-0.2, -0.15) is 0 Å². The van der Waals surface area contributed by atoms with E-state index >= 15 is 0 Å². The first-order chi connectivity index (χ1) is 13.9. The highest BCUT2D eigenvalue weighted by Crippen LogP contribution is 2.17. The van der Waals surface area contributed by atoms with E-state index in [4.69, 9.17) is 0 Å². The number of aromatic nitrogens is 1. The van der Waals surface area contributed by atoms with Gasteiger partial charge < -0.3 is 20.1 Å². The molecule has 2 N–H and O–H groups in total. The average molecular weight is 400 g/mol. The maximum atomic E-state index is 12.9. The quantitative estimate of drug-likeness (QED) is 0.804. The number of urea groups is 1. The lowest BCUT2D eigenvalue weighted by atomic mass is 9.96. The zero-order chi connectivity index (χ0) is 20.8. The third-order valence-corrected chi connectivity index (χ3v) is 5.17. The number of rotatable bonds is 5. The van der Waals surface area contributed by atoms with E-state index in [9.17, 15) is 18.8 Å². The molecule has 0 unspecified atom stereocenters. The van der Waals surface area contributed by atoms with Crippen molar-refractivity contribution in [1.82, 2.24) is 20.1 Å². The number of carbonyl (C=O) groups is 2. The number of nitrogens with zero attached hydrogens (tertiary/aromatic N) is 2. The third-order valence-electron chi connectivity index (χ3n) is 5.17. The number of likely N-dealkylation sites (tertiary alicyclic amines) is 1. The van der Waals surface area contributed by atoms with E-state index in [1.807, 2.05) is 0 Å². The monoisotopic (exact) mass is 400 g/mol. The Morgan fingerprint density at radius 2 is 1.79 bits per heavy atom. The van der Waals surface area contributed by atoms with Crippen LogP contribution in [0.2, 0.25) is 0 Å². The Balaban J connectivity index is 1.41. The average Bonchev–Trinajstić information content (AvgIpc) is 2.73. The van der Waals surface area contributed by atoms with Gasteiger partial charge in [0, 0.05) is 39.4 Å². The van der Waals surface area contributed by atoms with Crippen LogP contribution in [0, 0.1) is 11.7 Å². The van der Waals surface area contributed by atoms with Crippen molar-refractivity contribution in [3.05, 3.63) is 69.9 Å². The number of piperidine rings is 1. The second kappa shape index (κ2) is 9.36. The molecule has 0 aliphatic carbocycles. The van der Waals surface area contributed by atoms with Crippen molar-refractivity contribution in [2.24, 2.45) is 13.0 Å². The molecule has 7 nitrogen and oxygen atoms in total. The van der Waals surface area contributed by atoms with Crippen molar-refractivity contribution in [3.63, 3.8) is 0 Å². The maximum absolute atomic E-state index is 12.9. The molecule has 1 aromatic carbocycles. The first-order valence-electron chi connectivity index (χ1n) is 9.65. The van der Waals surface area contributed by atoms with Gasteiger partial charge in [0.05, 0.1) is 0 Å². The zero-order valence-corrected chi connectivity index (χ0v) is 16.4. The van der Waals surface area contributed by atoms with Crippen LogP contribution >= 0.6 is 0 Å². The minimum atomic E-state index is -0.310. The smallest absolute Gasteiger partial charge is 0.315 e. The zero-order valence-electron chi connectivity index (χ0n) is 16.4. The molecule has 0 bridgehead atoms. The Kier molecular flexibility index (Phi) is 6.64. The Bertz CT molecular complexity index is 918. The van der Waals surface area contributed by atoms with Gasteiger partial charge >= 0.3 is 6.03 Å². The van der Waals surface area contributed by atoms with Crippen LogP contribution in [0.5, 0.6) is 0 Å². The van der Waals surface area contributed by atoms with Crippen LogP contribution in [0.1, 0.15) is 28.8 Å². The Morgan fingerprint density at radius 3 is 2.48 bits per heavy atom. The minimum absolute atomic E-state index is 0.187. The highest BCUT2D eigenvalue weighted by Gasteiger charge is 2.25. The van der Waals surface area contributed by atoms with E-state index in [1.54, 1.807) is 42.4 Å². The molecule has 1 aliphatic rings. The maximum Gasteiger partial charge on any atom is 0.315 e. The van der Waals surface area contributed by atoms with Crippen molar-refractivity contribution in [2.75, 3.05) is 19.6 Å². The Hall–Kier alpha value is -3.16. The normalized spacial score (nSPS) is 14.5. The van der Waals surface area contributed by atoms with Gasteiger partial charge in [-0.3, -0.25) is 9.59 Å². The highest BCUT2D eigenvalue weighted by atomic mass is 19.1. The van der Waals surface area contributed by atoms with Crippen LogP contribution in [0.4, 0.5) is 9.18 Å². The molecule has 29 heavy (non-hydrogen) atoms. The first kappa shape index (κ1) is 20.6. The number of nitrogens with one attached hydrogen (secondary N) is 2. The first-order valence-corrected chi connectivity index (χ1v) is 9.65. The van der Waals surface area contributed by atoms with Gasteiger partial charge in [-0.05, 0) is 48.6 Å². The number of carbonyl (C=O) groups excluding carboxylic acids is 2. The van der Waals surface area contributed by atoms with Crippen LogP contribution < -0.4 is 16.2 Å². The molecular formula is C21H25FN4O3. The molecule has 1 saturated heterocycles. The van der Waals surface area contributed by atoms with Crippen molar-refractivity contribution < 1.29 is 14.0 Å². The predicted octanol–water partition coefficient (Wildman–Crippen LogP) is 1.88. The van der Waals surface area contributed by atoms with E-state index in [-0.39, 0.29) is 34.8 Å². The van der Waals surface area contributed by atoms with E-state index in [0.717, 1.165) is 18.4 Å². The van der Waals surface area contributed by atoms with Crippen LogP contribution in [0.25, 0.3) is 0 Å². The highest BCUT2D eigenvalue weighted by molar-refractivity contribution is 5.93. The van der Waals surface area contributed by atoms with Gasteiger partial charge in [0.15, 0.2) is 0 Å². The van der Waals surface area contributed by atoms with Crippen molar-refractivity contribution in [3.8, 4) is 0 Å². The minimum Gasteiger partial charge on any atom is -0.338 e. The summed E-state index contributed by atoms with van der Waals surface area (Å²) < 4.78 is 14.3. The number of hydrogen-bond acceptors (Lipinski definition) is 3. The standard InChI is InChI=1S/C21H25FN4O3/c1-25-10-2-3-18(19(25)27)20(28)26-11-8-16(9-12-26)14-24-21(29)23-13-15-4-6-17(22)7-5-15/h2-7,10,16H,8-9,11-14H2,1H3,(H2,23,24,29). The van der Waals surface area contributed by atoms with Crippen molar-refractivity contribution in [2.45, 2.75) is 19.4 Å². The molecule has 3 amide bonds. The van der Waals surface area contributed by atoms with Crippen LogP contribution in [-0.4, -0.2) is 41.0 Å². The molecule has 0 radical (unpaired) electrons. The largest absolute Gasteiger partial charge is 0.338 e. The SMILES string of the molecule is Cn1cccc(C(=O)N2CCC(CNC(=O)NCc3ccc(F)cc3)CC2)c1=O. The summed E-state index contributed by atoms with van der Waals surface area (Å²) in [5.74, 6) is -0.278. The van der Waals surface area contributed by atoms with E-state index in [1.165, 1.54) is 16.7 Å². The van der Waals surface area contributed by atoms with Gasteiger partial charge in [0.1, 0.15) is 11.4 Å². The van der Waals surface area contributed by atoms with Crippen molar-refractivity contribution in [1.29, 1.82) is 0 Å². The van der Waals surface area contributed by atoms with Gasteiger partial charge in [-0.15, -0.1) is 0 Å². The fourth-order valence-corrected chi connectivity index (χ4v) is 3.35. The Labute approximate surface area is 168 Å². The molecule has 8 heteroatoms. The molecule has 2 aromatic rings. The summed E-state index contributed by atoms with van der Waals surface area (Å²) in [7, 11) is 1.62. The molecule has 2 heterocycles. The molecule has 0 spiro atoms. The number of halogens is 1. The molecule has 1 aromatic heterocycles. The fourth-order valence-electron chi connectivity index (χ4n) is 3.35. The topological polar surface area (TPSA) is 83.4 Å². The summed E-state index contributed by atoms with van der Waals surface area (Å²) in [6, 6.07) is 8.94. The number of hydrogen-bond donors (Lipinski definition) is 2. The summed E-state index contributed by atoms with van der Waals surface area (Å²) in [6.45, 7) is 1.95. The van der Waals surface area contributed by atoms with Crippen LogP contribution in [0.15, 0.2) is 47.4 Å². The summed E-state index contributed by atoms with van der Waals surface area (Å²) in [5, 5.41) is 5.59. The second-order valence-corrected chi connectivity index (χ2v) is 7.26. The molecule has 3 rings (SSSR count). The fraction of sp³-hybridized carbons (Fsp3) is 0.381. The lowest BCUT2D eigenvalue weighted by molar-refractivity contribution is 0.0688. The summed E-state index contributed by atoms with van der Waals surface area (Å²) in [6.07, 6.45) is 3.15. The summed E-state index contributed by atoms with van der Waals surface area (Å²) in [4.78, 5) is 38.4. The van der Waals surface area contributed by atoms with E-state index < -0.39 is 0 Å². The second-order valence-electron chi connectivity index (χ2n) is 7.26. The molecule has 154 valence electrons. The molecule has 0 atom stereocenters. The molecule has 1 fully saturated rings. The lowest BCUT2D eigenvalue weighted by Crippen LogP contribution is -2.44. The third kappa shape index (κ3) is 5.43. The van der Waals surface area contributed by atoms with E-state index in [0.29, 0.717) is 26.2 Å². The lowest BCUT2D eigenvalue weighted by Gasteiger charge is -2.32. The van der Waals surface area contributed by atoms with Crippen LogP contribution in [-0.2, 0) is 13.6 Å².